The van der Waals surface area contributed by atoms with E-state index < -0.39 is 35.7 Å². The van der Waals surface area contributed by atoms with Crippen molar-refractivity contribution in [2.75, 3.05) is 0 Å². The Bertz CT molecular complexity index is 982. The minimum Gasteiger partial charge on any atom is -0.433 e. The molecule has 0 heterocycles. The van der Waals surface area contributed by atoms with E-state index >= 15 is 0 Å². The molecule has 0 aromatic rings. The molecule has 0 aromatic carbocycles. The third-order valence-corrected chi connectivity index (χ3v) is 6.29. The van der Waals surface area contributed by atoms with Crippen LogP contribution >= 0.6 is 0 Å². The van der Waals surface area contributed by atoms with Crippen LogP contribution < -0.4 is 0 Å². The van der Waals surface area contributed by atoms with Gasteiger partial charge in [-0.15, -0.1) is 13.2 Å². The van der Waals surface area contributed by atoms with Crippen molar-refractivity contribution in [3.05, 3.63) is 97.3 Å². The Kier molecular flexibility index (Phi) is 15.8. The standard InChI is InChI=1S/C32H44F6O2/c1-21(2)14-15-22(3)12-11-13-23(4)24(5)16-18-26(7)31(34,35)39-28(9)20-30(33)29(10)25(6)17-19-27(8)40-32(36,37)38/h11,13,17,19-22,24,26H,4,6,8-10,12,14-16,18H2,1-3,5,7H3/b13-11-,19-17+,30-20+. The molecule has 2 nitrogen and oxygen atoms in total. The molecular formula is C32H44F6O2. The third-order valence-electron chi connectivity index (χ3n) is 6.29. The Hall–Kier alpha value is -2.90. The summed E-state index contributed by atoms with van der Waals surface area (Å²) in [6, 6.07) is 0. The summed E-state index contributed by atoms with van der Waals surface area (Å²) in [7, 11) is 0. The second kappa shape index (κ2) is 17.0. The highest BCUT2D eigenvalue weighted by Crippen LogP contribution is 2.34. The van der Waals surface area contributed by atoms with Crippen LogP contribution in [0.25, 0.3) is 0 Å². The number of rotatable bonds is 19. The van der Waals surface area contributed by atoms with Crippen LogP contribution in [0.5, 0.6) is 0 Å². The Morgan fingerprint density at radius 2 is 1.35 bits per heavy atom. The van der Waals surface area contributed by atoms with Gasteiger partial charge in [0, 0.05) is 11.6 Å². The number of alkyl halides is 5. The van der Waals surface area contributed by atoms with Gasteiger partial charge in [-0.05, 0) is 48.7 Å². The topological polar surface area (TPSA) is 18.5 Å². The van der Waals surface area contributed by atoms with Gasteiger partial charge in [-0.3, -0.25) is 0 Å². The summed E-state index contributed by atoms with van der Waals surface area (Å²) in [4.78, 5) is 0. The molecule has 0 radical (unpaired) electrons. The monoisotopic (exact) mass is 574 g/mol. The van der Waals surface area contributed by atoms with E-state index in [0.29, 0.717) is 24.3 Å². The van der Waals surface area contributed by atoms with Crippen molar-refractivity contribution in [3.63, 3.8) is 0 Å². The van der Waals surface area contributed by atoms with Crippen LogP contribution in [0.3, 0.4) is 0 Å². The van der Waals surface area contributed by atoms with Gasteiger partial charge in [-0.1, -0.05) is 104 Å². The molecule has 0 aromatic heterocycles. The third kappa shape index (κ3) is 16.3. The highest BCUT2D eigenvalue weighted by atomic mass is 19.4. The van der Waals surface area contributed by atoms with Gasteiger partial charge in [0.2, 0.25) is 0 Å². The average Bonchev–Trinajstić information content (AvgIpc) is 2.81. The molecule has 226 valence electrons. The molecule has 0 aliphatic rings. The predicted molar refractivity (Wildman–Crippen MR) is 152 cm³/mol. The quantitative estimate of drug-likeness (QED) is 0.0868. The van der Waals surface area contributed by atoms with Crippen molar-refractivity contribution in [2.45, 2.75) is 79.2 Å². The normalized spacial score (nSPS) is 15.2. The molecule has 0 rings (SSSR count). The molecule has 0 aliphatic heterocycles. The van der Waals surface area contributed by atoms with E-state index in [0.717, 1.165) is 30.6 Å². The first-order valence-corrected chi connectivity index (χ1v) is 13.2. The first kappa shape index (κ1) is 37.1. The lowest BCUT2D eigenvalue weighted by Crippen LogP contribution is -2.29. The van der Waals surface area contributed by atoms with Crippen LogP contribution in [0.1, 0.15) is 66.7 Å². The summed E-state index contributed by atoms with van der Waals surface area (Å²) in [5.41, 5.74) is 0.358. The van der Waals surface area contributed by atoms with E-state index in [9.17, 15) is 26.3 Å². The van der Waals surface area contributed by atoms with Crippen molar-refractivity contribution in [3.8, 4) is 0 Å². The van der Waals surface area contributed by atoms with Gasteiger partial charge >= 0.3 is 12.5 Å². The maximum Gasteiger partial charge on any atom is 0.573 e. The minimum absolute atomic E-state index is 0.0129. The molecule has 0 amide bonds. The summed E-state index contributed by atoms with van der Waals surface area (Å²) < 4.78 is 88.5. The molecular weight excluding hydrogens is 530 g/mol. The highest BCUT2D eigenvalue weighted by molar-refractivity contribution is 5.47. The summed E-state index contributed by atoms with van der Waals surface area (Å²) >= 11 is 0. The molecule has 0 aliphatic carbocycles. The fourth-order valence-electron chi connectivity index (χ4n) is 3.37. The maximum absolute atomic E-state index is 14.7. The Balaban J connectivity index is 4.86. The lowest BCUT2D eigenvalue weighted by Gasteiger charge is -2.25. The predicted octanol–water partition coefficient (Wildman–Crippen LogP) is 11.3. The Morgan fingerprint density at radius 3 is 1.90 bits per heavy atom. The molecule has 8 heteroatoms. The highest BCUT2D eigenvalue weighted by Gasteiger charge is 2.39. The first-order valence-electron chi connectivity index (χ1n) is 13.2. The largest absolute Gasteiger partial charge is 0.573 e. The van der Waals surface area contributed by atoms with Crippen LogP contribution in [0, 0.1) is 23.7 Å². The van der Waals surface area contributed by atoms with Crippen molar-refractivity contribution in [1.29, 1.82) is 0 Å². The number of hydrogen-bond donors (Lipinski definition) is 0. The molecule has 0 fully saturated rings. The second-order valence-corrected chi connectivity index (χ2v) is 10.6. The number of ether oxygens (including phenoxy) is 2. The SMILES string of the molecule is C=C(/C=C/C(=C)C(=C)/C(F)=C\C(=C)OC(F)(F)C(C)CCC(C)C(=C)/C=C\CC(C)CCC(C)C)OC(F)(F)F. The van der Waals surface area contributed by atoms with E-state index in [1.54, 1.807) is 0 Å². The van der Waals surface area contributed by atoms with Crippen molar-refractivity contribution < 1.29 is 35.8 Å². The number of hydrogen-bond acceptors (Lipinski definition) is 2. The summed E-state index contributed by atoms with van der Waals surface area (Å²) in [5.74, 6) is -2.48. The van der Waals surface area contributed by atoms with Gasteiger partial charge in [0.15, 0.2) is 0 Å². The van der Waals surface area contributed by atoms with Crippen LogP contribution in [0.2, 0.25) is 0 Å². The molecule has 0 N–H and O–H groups in total. The number of halogens is 6. The smallest absolute Gasteiger partial charge is 0.433 e. The van der Waals surface area contributed by atoms with Crippen LogP contribution in [0.4, 0.5) is 26.3 Å². The molecule has 3 unspecified atom stereocenters. The van der Waals surface area contributed by atoms with Crippen molar-refractivity contribution >= 4 is 0 Å². The minimum atomic E-state index is -4.93. The zero-order valence-electron chi connectivity index (χ0n) is 24.4. The van der Waals surface area contributed by atoms with Crippen LogP contribution in [0.15, 0.2) is 97.3 Å². The van der Waals surface area contributed by atoms with Gasteiger partial charge in [-0.25, -0.2) is 4.39 Å². The zero-order chi connectivity index (χ0) is 31.3. The first-order chi connectivity index (χ1) is 18.2. The van der Waals surface area contributed by atoms with Gasteiger partial charge in [0.05, 0.1) is 5.92 Å². The van der Waals surface area contributed by atoms with Gasteiger partial charge < -0.3 is 9.47 Å². The van der Waals surface area contributed by atoms with Gasteiger partial charge in [0.1, 0.15) is 17.3 Å². The molecule has 40 heavy (non-hydrogen) atoms. The number of allylic oxidation sites excluding steroid dienone is 9. The van der Waals surface area contributed by atoms with E-state index in [2.05, 4.69) is 69.2 Å². The van der Waals surface area contributed by atoms with Crippen molar-refractivity contribution in [2.24, 2.45) is 23.7 Å². The van der Waals surface area contributed by atoms with E-state index in [1.165, 1.54) is 13.3 Å². The Morgan fingerprint density at radius 1 is 0.750 bits per heavy atom. The molecule has 0 bridgehead atoms. The summed E-state index contributed by atoms with van der Waals surface area (Å²) in [5, 5.41) is 0. The Labute approximate surface area is 236 Å². The average molecular weight is 575 g/mol. The fourth-order valence-corrected chi connectivity index (χ4v) is 3.37. The van der Waals surface area contributed by atoms with E-state index in [1.807, 2.05) is 13.0 Å². The maximum atomic E-state index is 14.7. The summed E-state index contributed by atoms with van der Waals surface area (Å²) in [6.07, 6.45) is 1.75. The molecule has 0 saturated heterocycles. The van der Waals surface area contributed by atoms with Crippen LogP contribution in [-0.4, -0.2) is 12.5 Å². The lowest BCUT2D eigenvalue weighted by atomic mass is 9.91. The van der Waals surface area contributed by atoms with Gasteiger partial charge in [0.25, 0.3) is 0 Å². The van der Waals surface area contributed by atoms with E-state index in [-0.39, 0.29) is 23.5 Å². The fraction of sp³-hybridized carbons (Fsp3) is 0.500. The van der Waals surface area contributed by atoms with E-state index in [4.69, 9.17) is 0 Å². The van der Waals surface area contributed by atoms with Crippen LogP contribution in [-0.2, 0) is 9.47 Å². The molecule has 0 spiro atoms. The molecule has 0 saturated carbocycles. The lowest BCUT2D eigenvalue weighted by molar-refractivity contribution is -0.303. The van der Waals surface area contributed by atoms with Crippen molar-refractivity contribution in [1.82, 2.24) is 0 Å². The van der Waals surface area contributed by atoms with Gasteiger partial charge in [-0.2, -0.15) is 8.78 Å². The summed E-state index contributed by atoms with van der Waals surface area (Å²) in [6.45, 7) is 27.2. The second-order valence-electron chi connectivity index (χ2n) is 10.6. The molecule has 3 atom stereocenters. The zero-order valence-corrected chi connectivity index (χ0v) is 24.4.